The van der Waals surface area contributed by atoms with Gasteiger partial charge in [0.25, 0.3) is 0 Å². The molecule has 2 N–H and O–H groups in total. The van der Waals surface area contributed by atoms with Gasteiger partial charge < -0.3 is 5.73 Å². The van der Waals surface area contributed by atoms with E-state index in [0.29, 0.717) is 10.6 Å². The van der Waals surface area contributed by atoms with Crippen molar-refractivity contribution in [3.05, 3.63) is 27.7 Å². The summed E-state index contributed by atoms with van der Waals surface area (Å²) in [7, 11) is -2.01. The fourth-order valence-electron chi connectivity index (χ4n) is 2.72. The average molecular weight is 351 g/mol. The van der Waals surface area contributed by atoms with Crippen molar-refractivity contribution in [2.24, 2.45) is 5.73 Å². The van der Waals surface area contributed by atoms with Crippen LogP contribution in [0.15, 0.2) is 17.0 Å². The number of benzene rings is 1. The minimum absolute atomic E-state index is 0.0387. The Kier molecular flexibility index (Phi) is 5.54. The number of hydrogen-bond donors (Lipinski definition) is 1. The molecule has 2 rings (SSSR count). The molecule has 1 aromatic carbocycles. The van der Waals surface area contributed by atoms with Gasteiger partial charge >= 0.3 is 0 Å². The summed E-state index contributed by atoms with van der Waals surface area (Å²) in [4.78, 5) is 0.0853. The lowest BCUT2D eigenvalue weighted by molar-refractivity contribution is 0.286. The molecule has 1 saturated carbocycles. The van der Waals surface area contributed by atoms with Crippen molar-refractivity contribution in [2.75, 3.05) is 7.05 Å². The van der Waals surface area contributed by atoms with Gasteiger partial charge in [-0.25, -0.2) is 8.42 Å². The zero-order valence-corrected chi connectivity index (χ0v) is 14.3. The van der Waals surface area contributed by atoms with E-state index in [2.05, 4.69) is 0 Å². The first-order chi connectivity index (χ1) is 9.87. The quantitative estimate of drug-likeness (QED) is 0.904. The number of hydrogen-bond acceptors (Lipinski definition) is 3. The highest BCUT2D eigenvalue weighted by atomic mass is 35.5. The monoisotopic (exact) mass is 350 g/mol. The highest BCUT2D eigenvalue weighted by Crippen LogP contribution is 2.32. The van der Waals surface area contributed by atoms with E-state index in [-0.39, 0.29) is 22.5 Å². The molecule has 0 atom stereocenters. The molecule has 7 heteroatoms. The van der Waals surface area contributed by atoms with Crippen molar-refractivity contribution in [3.8, 4) is 0 Å². The van der Waals surface area contributed by atoms with Crippen LogP contribution in [0.2, 0.25) is 10.0 Å². The van der Waals surface area contributed by atoms with Crippen LogP contribution in [0.3, 0.4) is 0 Å². The zero-order valence-electron chi connectivity index (χ0n) is 12.0. The Hall–Kier alpha value is -0.330. The van der Waals surface area contributed by atoms with Gasteiger partial charge in [0.1, 0.15) is 4.90 Å². The van der Waals surface area contributed by atoms with E-state index in [1.807, 2.05) is 0 Å². The lowest BCUT2D eigenvalue weighted by atomic mass is 9.96. The van der Waals surface area contributed by atoms with Crippen molar-refractivity contribution >= 4 is 33.2 Å². The van der Waals surface area contributed by atoms with Crippen LogP contribution in [0.4, 0.5) is 0 Å². The van der Waals surface area contributed by atoms with Crippen molar-refractivity contribution in [2.45, 2.75) is 49.6 Å². The molecule has 1 aromatic rings. The first-order valence-corrected chi connectivity index (χ1v) is 9.23. The molecule has 0 saturated heterocycles. The van der Waals surface area contributed by atoms with Gasteiger partial charge in [-0.05, 0) is 30.5 Å². The Balaban J connectivity index is 2.38. The van der Waals surface area contributed by atoms with Crippen LogP contribution < -0.4 is 5.73 Å². The molecule has 21 heavy (non-hydrogen) atoms. The first-order valence-electron chi connectivity index (χ1n) is 7.04. The topological polar surface area (TPSA) is 63.4 Å². The Morgan fingerprint density at radius 2 is 1.81 bits per heavy atom. The maximum absolute atomic E-state index is 12.8. The fraction of sp³-hybridized carbons (Fsp3) is 0.571. The van der Waals surface area contributed by atoms with E-state index >= 15 is 0 Å². The number of halogens is 2. The summed E-state index contributed by atoms with van der Waals surface area (Å²) in [5.74, 6) is 0. The molecule has 118 valence electrons. The summed E-state index contributed by atoms with van der Waals surface area (Å²) in [5, 5.41) is 0.529. The predicted molar refractivity (Wildman–Crippen MR) is 86.2 cm³/mol. The number of nitrogens with zero attached hydrogens (tertiary/aromatic N) is 1. The molecule has 4 nitrogen and oxygen atoms in total. The SMILES string of the molecule is CN(C1CCCCC1)S(=O)(=O)c1cc(CN)c(Cl)cc1Cl. The van der Waals surface area contributed by atoms with Gasteiger partial charge in [-0.3, -0.25) is 0 Å². The van der Waals surface area contributed by atoms with Gasteiger partial charge in [0.15, 0.2) is 0 Å². The molecule has 1 aliphatic carbocycles. The van der Waals surface area contributed by atoms with Crippen LogP contribution in [0.1, 0.15) is 37.7 Å². The summed E-state index contributed by atoms with van der Waals surface area (Å²) in [6.45, 7) is 0.172. The lowest BCUT2D eigenvalue weighted by Crippen LogP contribution is -2.38. The molecule has 0 unspecified atom stereocenters. The van der Waals surface area contributed by atoms with Gasteiger partial charge in [0, 0.05) is 24.7 Å². The molecule has 0 amide bonds. The second kappa shape index (κ2) is 6.84. The summed E-state index contributed by atoms with van der Waals surface area (Å²) >= 11 is 12.1. The first kappa shape index (κ1) is 17.0. The Labute approximate surface area is 136 Å². The van der Waals surface area contributed by atoms with Crippen LogP contribution in [-0.2, 0) is 16.6 Å². The van der Waals surface area contributed by atoms with Crippen molar-refractivity contribution in [1.82, 2.24) is 4.31 Å². The van der Waals surface area contributed by atoms with Gasteiger partial charge in [0.2, 0.25) is 10.0 Å². The molecule has 0 aromatic heterocycles. The highest BCUT2D eigenvalue weighted by Gasteiger charge is 2.31. The maximum Gasteiger partial charge on any atom is 0.244 e. The van der Waals surface area contributed by atoms with Crippen LogP contribution >= 0.6 is 23.2 Å². The standard InChI is InChI=1S/C14H20Cl2N2O2S/c1-18(11-5-3-2-4-6-11)21(19,20)14-7-10(9-17)12(15)8-13(14)16/h7-8,11H,2-6,9,17H2,1H3. The minimum Gasteiger partial charge on any atom is -0.326 e. The van der Waals surface area contributed by atoms with Gasteiger partial charge in [-0.1, -0.05) is 42.5 Å². The Morgan fingerprint density at radius 1 is 1.19 bits per heavy atom. The third-order valence-electron chi connectivity index (χ3n) is 4.07. The van der Waals surface area contributed by atoms with E-state index in [1.165, 1.54) is 22.9 Å². The molecule has 1 fully saturated rings. The summed E-state index contributed by atoms with van der Waals surface area (Å²) in [5.41, 5.74) is 6.18. The number of sulfonamides is 1. The number of nitrogens with two attached hydrogens (primary N) is 1. The third kappa shape index (κ3) is 3.54. The zero-order chi connectivity index (χ0) is 15.6. The second-order valence-corrected chi connectivity index (χ2v) is 8.17. The molecule has 0 radical (unpaired) electrons. The molecular formula is C14H20Cl2N2O2S. The number of rotatable bonds is 4. The summed E-state index contributed by atoms with van der Waals surface area (Å²) in [6, 6.07) is 2.98. The average Bonchev–Trinajstić information content (AvgIpc) is 2.47. The van der Waals surface area contributed by atoms with Gasteiger partial charge in [0.05, 0.1) is 5.02 Å². The summed E-state index contributed by atoms with van der Waals surface area (Å²) < 4.78 is 27.0. The Bertz CT molecular complexity index is 614. The normalized spacial score (nSPS) is 17.4. The summed E-state index contributed by atoms with van der Waals surface area (Å²) in [6.07, 6.45) is 5.08. The molecule has 0 aliphatic heterocycles. The molecule has 0 spiro atoms. The van der Waals surface area contributed by atoms with E-state index in [1.54, 1.807) is 7.05 Å². The van der Waals surface area contributed by atoms with Crippen LogP contribution in [0.25, 0.3) is 0 Å². The van der Waals surface area contributed by atoms with Crippen molar-refractivity contribution in [3.63, 3.8) is 0 Å². The second-order valence-electron chi connectivity index (χ2n) is 5.39. The minimum atomic E-state index is -3.63. The predicted octanol–water partition coefficient (Wildman–Crippen LogP) is 3.41. The third-order valence-corrected chi connectivity index (χ3v) is 6.79. The Morgan fingerprint density at radius 3 is 2.38 bits per heavy atom. The highest BCUT2D eigenvalue weighted by molar-refractivity contribution is 7.89. The van der Waals surface area contributed by atoms with Crippen LogP contribution in [0.5, 0.6) is 0 Å². The fourth-order valence-corrected chi connectivity index (χ4v) is 4.98. The van der Waals surface area contributed by atoms with E-state index in [0.717, 1.165) is 25.7 Å². The van der Waals surface area contributed by atoms with E-state index in [4.69, 9.17) is 28.9 Å². The molecule has 0 heterocycles. The van der Waals surface area contributed by atoms with Gasteiger partial charge in [-0.15, -0.1) is 0 Å². The smallest absolute Gasteiger partial charge is 0.244 e. The van der Waals surface area contributed by atoms with Crippen LogP contribution in [0, 0.1) is 0 Å². The van der Waals surface area contributed by atoms with Crippen molar-refractivity contribution in [1.29, 1.82) is 0 Å². The van der Waals surface area contributed by atoms with Gasteiger partial charge in [-0.2, -0.15) is 4.31 Å². The van der Waals surface area contributed by atoms with Crippen molar-refractivity contribution < 1.29 is 8.42 Å². The molecule has 1 aliphatic rings. The van der Waals surface area contributed by atoms with E-state index < -0.39 is 10.0 Å². The lowest BCUT2D eigenvalue weighted by Gasteiger charge is -2.30. The molecular weight excluding hydrogens is 331 g/mol. The van der Waals surface area contributed by atoms with Crippen LogP contribution in [-0.4, -0.2) is 25.8 Å². The largest absolute Gasteiger partial charge is 0.326 e. The molecule has 0 bridgehead atoms. The van der Waals surface area contributed by atoms with E-state index in [9.17, 15) is 8.42 Å². The maximum atomic E-state index is 12.8.